The first-order valence-electron chi connectivity index (χ1n) is 11.1. The Labute approximate surface area is 190 Å². The Morgan fingerprint density at radius 2 is 1.75 bits per heavy atom. The quantitative estimate of drug-likeness (QED) is 0.634. The van der Waals surface area contributed by atoms with Crippen molar-refractivity contribution in [2.45, 2.75) is 52.7 Å². The molecule has 0 saturated heterocycles. The number of carbonyl (C=O) groups excluding carboxylic acids is 1. The molecule has 0 saturated carbocycles. The molecule has 9 heteroatoms. The van der Waals surface area contributed by atoms with Gasteiger partial charge in [-0.3, -0.25) is 9.69 Å². The van der Waals surface area contributed by atoms with Crippen molar-refractivity contribution in [1.82, 2.24) is 25.0 Å². The number of fused-ring (bicyclic) bond motifs is 1. The Balaban J connectivity index is 1.80. The number of ether oxygens (including phenoxy) is 3. The minimum absolute atomic E-state index is 0.0538. The van der Waals surface area contributed by atoms with Crippen LogP contribution in [0.4, 0.5) is 0 Å². The van der Waals surface area contributed by atoms with E-state index in [1.54, 1.807) is 28.3 Å². The fraction of sp³-hybridized carbons (Fsp3) is 0.609. The molecule has 1 amide bonds. The van der Waals surface area contributed by atoms with E-state index in [9.17, 15) is 4.79 Å². The zero-order valence-electron chi connectivity index (χ0n) is 20.0. The van der Waals surface area contributed by atoms with E-state index in [1.165, 1.54) is 0 Å². The van der Waals surface area contributed by atoms with Gasteiger partial charge in [-0.15, -0.1) is 10.2 Å². The Hall–Kier alpha value is -2.81. The van der Waals surface area contributed by atoms with Crippen molar-refractivity contribution in [1.29, 1.82) is 0 Å². The molecule has 176 valence electrons. The standard InChI is InChI=1S/C23H35N5O4/c1-15(2)11-19(24-16(3)29)23-26-25-22-7-8-27(9-10-28(22)23)14-18-20(31-5)12-17(30-4)13-21(18)32-6/h12-13,15,19H,7-11,14H2,1-6H3,(H,24,29)/t19-/m0/s1. The molecule has 0 aliphatic carbocycles. The van der Waals surface area contributed by atoms with E-state index in [0.717, 1.165) is 61.2 Å². The van der Waals surface area contributed by atoms with Crippen LogP contribution in [0.25, 0.3) is 0 Å². The maximum absolute atomic E-state index is 11.8. The summed E-state index contributed by atoms with van der Waals surface area (Å²) >= 11 is 0. The molecule has 2 heterocycles. The van der Waals surface area contributed by atoms with Gasteiger partial charge in [-0.2, -0.15) is 0 Å². The first-order chi connectivity index (χ1) is 15.4. The van der Waals surface area contributed by atoms with E-state index in [2.05, 4.69) is 38.8 Å². The van der Waals surface area contributed by atoms with Gasteiger partial charge in [0.05, 0.1) is 32.9 Å². The van der Waals surface area contributed by atoms with E-state index in [-0.39, 0.29) is 11.9 Å². The molecular weight excluding hydrogens is 410 g/mol. The SMILES string of the molecule is COc1cc(OC)c(CN2CCc3nnc([C@H](CC(C)C)NC(C)=O)n3CC2)c(OC)c1. The van der Waals surface area contributed by atoms with Crippen LogP contribution >= 0.6 is 0 Å². The number of methoxy groups -OCH3 is 3. The lowest BCUT2D eigenvalue weighted by Gasteiger charge is -2.23. The van der Waals surface area contributed by atoms with Crippen LogP contribution in [0.5, 0.6) is 17.2 Å². The normalized spacial score (nSPS) is 15.1. The third-order valence-electron chi connectivity index (χ3n) is 5.74. The Morgan fingerprint density at radius 3 is 2.31 bits per heavy atom. The number of aromatic nitrogens is 3. The molecule has 1 N–H and O–H groups in total. The van der Waals surface area contributed by atoms with Gasteiger partial charge >= 0.3 is 0 Å². The number of nitrogens with one attached hydrogen (secondary N) is 1. The number of amides is 1. The van der Waals surface area contributed by atoms with Gasteiger partial charge in [0.2, 0.25) is 5.91 Å². The van der Waals surface area contributed by atoms with Crippen LogP contribution in [0, 0.1) is 5.92 Å². The number of carbonyl (C=O) groups is 1. The molecule has 0 spiro atoms. The average Bonchev–Trinajstić information content (AvgIpc) is 3.06. The van der Waals surface area contributed by atoms with Crippen LogP contribution in [0.2, 0.25) is 0 Å². The fourth-order valence-electron chi connectivity index (χ4n) is 4.21. The van der Waals surface area contributed by atoms with Gasteiger partial charge < -0.3 is 24.1 Å². The number of nitrogens with zero attached hydrogens (tertiary/aromatic N) is 4. The van der Waals surface area contributed by atoms with Gasteiger partial charge in [-0.25, -0.2) is 0 Å². The van der Waals surface area contributed by atoms with E-state index in [1.807, 2.05) is 12.1 Å². The second kappa shape index (κ2) is 10.7. The highest BCUT2D eigenvalue weighted by molar-refractivity contribution is 5.73. The Bertz CT molecular complexity index is 902. The summed E-state index contributed by atoms with van der Waals surface area (Å²) in [6.07, 6.45) is 1.60. The molecule has 2 aromatic rings. The lowest BCUT2D eigenvalue weighted by atomic mass is 10.0. The molecule has 1 atom stereocenters. The minimum atomic E-state index is -0.137. The summed E-state index contributed by atoms with van der Waals surface area (Å²) in [5.41, 5.74) is 0.990. The first-order valence-corrected chi connectivity index (χ1v) is 11.1. The maximum atomic E-state index is 11.8. The molecule has 1 aliphatic rings. The van der Waals surface area contributed by atoms with Crippen LogP contribution in [-0.4, -0.2) is 60.0 Å². The van der Waals surface area contributed by atoms with Crippen LogP contribution in [0.15, 0.2) is 12.1 Å². The van der Waals surface area contributed by atoms with Gasteiger partial charge in [0.15, 0.2) is 5.82 Å². The van der Waals surface area contributed by atoms with Crippen molar-refractivity contribution < 1.29 is 19.0 Å². The van der Waals surface area contributed by atoms with Crippen molar-refractivity contribution in [3.63, 3.8) is 0 Å². The van der Waals surface area contributed by atoms with Gasteiger partial charge in [-0.1, -0.05) is 13.8 Å². The summed E-state index contributed by atoms with van der Waals surface area (Å²) in [5.74, 6) is 4.35. The molecule has 1 aromatic heterocycles. The predicted molar refractivity (Wildman–Crippen MR) is 121 cm³/mol. The van der Waals surface area contributed by atoms with Crippen LogP contribution in [-0.2, 0) is 24.3 Å². The third-order valence-corrected chi connectivity index (χ3v) is 5.74. The summed E-state index contributed by atoms with van der Waals surface area (Å²) in [4.78, 5) is 14.1. The van der Waals surface area contributed by atoms with Crippen LogP contribution in [0.1, 0.15) is 50.4 Å². The first kappa shape index (κ1) is 23.8. The summed E-state index contributed by atoms with van der Waals surface area (Å²) < 4.78 is 18.8. The molecule has 3 rings (SSSR count). The summed E-state index contributed by atoms with van der Waals surface area (Å²) in [5, 5.41) is 12.0. The molecule has 32 heavy (non-hydrogen) atoms. The van der Waals surface area contributed by atoms with Gasteiger partial charge in [0.25, 0.3) is 0 Å². The summed E-state index contributed by atoms with van der Waals surface area (Å²) in [7, 11) is 4.94. The number of rotatable bonds is 9. The molecule has 0 fully saturated rings. The van der Waals surface area contributed by atoms with Crippen molar-refractivity contribution in [2.24, 2.45) is 5.92 Å². The molecule has 1 aromatic carbocycles. The van der Waals surface area contributed by atoms with Crippen LogP contribution in [0.3, 0.4) is 0 Å². The lowest BCUT2D eigenvalue weighted by molar-refractivity contribution is -0.119. The van der Waals surface area contributed by atoms with Crippen LogP contribution < -0.4 is 19.5 Å². The van der Waals surface area contributed by atoms with Gasteiger partial charge in [-0.05, 0) is 12.3 Å². The second-order valence-electron chi connectivity index (χ2n) is 8.55. The van der Waals surface area contributed by atoms with Crippen molar-refractivity contribution in [3.05, 3.63) is 29.3 Å². The van der Waals surface area contributed by atoms with E-state index in [0.29, 0.717) is 18.2 Å². The summed E-state index contributed by atoms with van der Waals surface area (Å²) in [6.45, 7) is 8.94. The summed E-state index contributed by atoms with van der Waals surface area (Å²) in [6, 6.07) is 3.63. The zero-order valence-corrected chi connectivity index (χ0v) is 20.0. The highest BCUT2D eigenvalue weighted by atomic mass is 16.5. The molecule has 1 aliphatic heterocycles. The van der Waals surface area contributed by atoms with Gasteiger partial charge in [0.1, 0.15) is 23.1 Å². The number of benzene rings is 1. The predicted octanol–water partition coefficient (Wildman–Crippen LogP) is 2.59. The zero-order chi connectivity index (χ0) is 23.3. The Kier molecular flexibility index (Phi) is 7.95. The van der Waals surface area contributed by atoms with E-state index < -0.39 is 0 Å². The molecule has 9 nitrogen and oxygen atoms in total. The highest BCUT2D eigenvalue weighted by Gasteiger charge is 2.26. The minimum Gasteiger partial charge on any atom is -0.496 e. The second-order valence-corrected chi connectivity index (χ2v) is 8.55. The molecular formula is C23H35N5O4. The number of hydrogen-bond acceptors (Lipinski definition) is 7. The molecule has 0 bridgehead atoms. The monoisotopic (exact) mass is 445 g/mol. The number of hydrogen-bond donors (Lipinski definition) is 1. The van der Waals surface area contributed by atoms with Gasteiger partial charge in [0, 0.05) is 51.7 Å². The Morgan fingerprint density at radius 1 is 1.06 bits per heavy atom. The third kappa shape index (κ3) is 5.51. The van der Waals surface area contributed by atoms with Crippen molar-refractivity contribution in [3.8, 4) is 17.2 Å². The lowest BCUT2D eigenvalue weighted by Crippen LogP contribution is -2.31. The molecule has 0 unspecified atom stereocenters. The fourth-order valence-corrected chi connectivity index (χ4v) is 4.21. The maximum Gasteiger partial charge on any atom is 0.217 e. The topological polar surface area (TPSA) is 90.7 Å². The smallest absolute Gasteiger partial charge is 0.217 e. The van der Waals surface area contributed by atoms with Crippen molar-refractivity contribution >= 4 is 5.91 Å². The molecule has 0 radical (unpaired) electrons. The van der Waals surface area contributed by atoms with E-state index in [4.69, 9.17) is 14.2 Å². The highest BCUT2D eigenvalue weighted by Crippen LogP contribution is 2.35. The van der Waals surface area contributed by atoms with Crippen molar-refractivity contribution in [2.75, 3.05) is 34.4 Å². The average molecular weight is 446 g/mol. The van der Waals surface area contributed by atoms with E-state index >= 15 is 0 Å². The largest absolute Gasteiger partial charge is 0.496 e.